The number of aromatic nitrogens is 1. The minimum absolute atomic E-state index is 0.00683. The van der Waals surface area contributed by atoms with Crippen molar-refractivity contribution in [1.82, 2.24) is 9.88 Å². The molecule has 2 fully saturated rings. The van der Waals surface area contributed by atoms with E-state index in [1.54, 1.807) is 6.20 Å². The van der Waals surface area contributed by atoms with Crippen molar-refractivity contribution in [3.05, 3.63) is 18.3 Å². The molecule has 24 heavy (non-hydrogen) atoms. The van der Waals surface area contributed by atoms with E-state index >= 15 is 0 Å². The van der Waals surface area contributed by atoms with Gasteiger partial charge >= 0.3 is 0 Å². The Hall–Kier alpha value is -2.29. The lowest BCUT2D eigenvalue weighted by Crippen LogP contribution is -2.41. The van der Waals surface area contributed by atoms with Gasteiger partial charge in [-0.3, -0.25) is 4.79 Å². The smallest absolute Gasteiger partial charge is 0.243 e. The first-order valence-corrected chi connectivity index (χ1v) is 8.55. The summed E-state index contributed by atoms with van der Waals surface area (Å²) in [5, 5.41) is 9.50. The number of anilines is 1. The average Bonchev–Trinajstić information content (AvgIpc) is 3.24. The van der Waals surface area contributed by atoms with E-state index in [4.69, 9.17) is 4.74 Å². The number of rotatable bonds is 4. The van der Waals surface area contributed by atoms with Crippen LogP contribution in [0.4, 0.5) is 5.82 Å². The molecule has 6 nitrogen and oxygen atoms in total. The van der Waals surface area contributed by atoms with Gasteiger partial charge < -0.3 is 14.5 Å². The summed E-state index contributed by atoms with van der Waals surface area (Å²) in [7, 11) is 3.85. The molecule has 2 heterocycles. The SMILES string of the molecule is CN(C)c1ncccc1O[C@H]1CCN(C(=O)C2(C#N)CCCC2)C1. The maximum atomic E-state index is 12.8. The van der Waals surface area contributed by atoms with Gasteiger partial charge in [0, 0.05) is 33.3 Å². The van der Waals surface area contributed by atoms with E-state index in [9.17, 15) is 10.1 Å². The average molecular weight is 328 g/mol. The van der Waals surface area contributed by atoms with Crippen molar-refractivity contribution in [2.45, 2.75) is 38.2 Å². The summed E-state index contributed by atoms with van der Waals surface area (Å²) in [6.07, 6.45) is 5.80. The van der Waals surface area contributed by atoms with Crippen LogP contribution in [-0.4, -0.2) is 49.1 Å². The van der Waals surface area contributed by atoms with E-state index in [2.05, 4.69) is 11.1 Å². The molecule has 1 saturated carbocycles. The molecule has 0 N–H and O–H groups in total. The number of nitrogens with zero attached hydrogens (tertiary/aromatic N) is 4. The molecule has 128 valence electrons. The second-order valence-corrected chi connectivity index (χ2v) is 6.90. The van der Waals surface area contributed by atoms with Gasteiger partial charge in [0.25, 0.3) is 0 Å². The molecule has 1 aromatic heterocycles. The van der Waals surface area contributed by atoms with Crippen LogP contribution in [0.3, 0.4) is 0 Å². The molecule has 1 aliphatic carbocycles. The Morgan fingerprint density at radius 3 is 2.88 bits per heavy atom. The van der Waals surface area contributed by atoms with Gasteiger partial charge in [-0.05, 0) is 25.0 Å². The van der Waals surface area contributed by atoms with Crippen LogP contribution in [0.1, 0.15) is 32.1 Å². The van der Waals surface area contributed by atoms with Gasteiger partial charge in [-0.1, -0.05) is 12.8 Å². The van der Waals surface area contributed by atoms with Crippen molar-refractivity contribution in [3.63, 3.8) is 0 Å². The fourth-order valence-electron chi connectivity index (χ4n) is 3.65. The number of likely N-dealkylation sites (tertiary alicyclic amines) is 1. The standard InChI is InChI=1S/C18H24N4O2/c1-21(2)16-15(6-5-10-20-16)24-14-7-11-22(12-14)17(23)18(13-19)8-3-4-9-18/h5-6,10,14H,3-4,7-9,11-12H2,1-2H3/t14-/m0/s1. The first-order valence-electron chi connectivity index (χ1n) is 8.55. The fraction of sp³-hybridized carbons (Fsp3) is 0.611. The number of amides is 1. The molecule has 0 aromatic carbocycles. The quantitative estimate of drug-likeness (QED) is 0.847. The molecule has 1 aliphatic heterocycles. The minimum Gasteiger partial charge on any atom is -0.485 e. The summed E-state index contributed by atoms with van der Waals surface area (Å²) in [5.74, 6) is 1.51. The summed E-state index contributed by atoms with van der Waals surface area (Å²) >= 11 is 0. The van der Waals surface area contributed by atoms with Crippen molar-refractivity contribution in [2.75, 3.05) is 32.1 Å². The van der Waals surface area contributed by atoms with Crippen LogP contribution >= 0.6 is 0 Å². The highest BCUT2D eigenvalue weighted by atomic mass is 16.5. The topological polar surface area (TPSA) is 69.5 Å². The van der Waals surface area contributed by atoms with Crippen LogP contribution in [0, 0.1) is 16.7 Å². The Morgan fingerprint density at radius 1 is 1.46 bits per heavy atom. The zero-order chi connectivity index (χ0) is 17.2. The number of hydrogen-bond donors (Lipinski definition) is 0. The largest absolute Gasteiger partial charge is 0.485 e. The minimum atomic E-state index is -0.794. The Labute approximate surface area is 143 Å². The van der Waals surface area contributed by atoms with Crippen LogP contribution in [0.2, 0.25) is 0 Å². The van der Waals surface area contributed by atoms with Gasteiger partial charge in [0.05, 0.1) is 12.6 Å². The lowest BCUT2D eigenvalue weighted by atomic mass is 9.86. The van der Waals surface area contributed by atoms with Gasteiger partial charge in [0.15, 0.2) is 11.6 Å². The van der Waals surface area contributed by atoms with Crippen molar-refractivity contribution in [3.8, 4) is 11.8 Å². The third kappa shape index (κ3) is 3.03. The highest BCUT2D eigenvalue weighted by molar-refractivity contribution is 5.86. The van der Waals surface area contributed by atoms with Crippen LogP contribution in [0.5, 0.6) is 5.75 Å². The molecule has 1 atom stereocenters. The summed E-state index contributed by atoms with van der Waals surface area (Å²) < 4.78 is 6.10. The molecular weight excluding hydrogens is 304 g/mol. The highest BCUT2D eigenvalue weighted by Gasteiger charge is 2.45. The van der Waals surface area contributed by atoms with E-state index < -0.39 is 5.41 Å². The number of nitriles is 1. The van der Waals surface area contributed by atoms with Crippen LogP contribution in [0.15, 0.2) is 18.3 Å². The van der Waals surface area contributed by atoms with Crippen molar-refractivity contribution in [2.24, 2.45) is 5.41 Å². The monoisotopic (exact) mass is 328 g/mol. The number of carbonyl (C=O) groups is 1. The van der Waals surface area contributed by atoms with Crippen LogP contribution < -0.4 is 9.64 Å². The predicted molar refractivity (Wildman–Crippen MR) is 90.7 cm³/mol. The molecule has 1 amide bonds. The van der Waals surface area contributed by atoms with E-state index in [-0.39, 0.29) is 12.0 Å². The molecule has 0 spiro atoms. The molecule has 6 heteroatoms. The number of carbonyl (C=O) groups excluding carboxylic acids is 1. The second kappa shape index (κ2) is 6.68. The van der Waals surface area contributed by atoms with Crippen LogP contribution in [0.25, 0.3) is 0 Å². The normalized spacial score (nSPS) is 22.2. The first kappa shape index (κ1) is 16.6. The number of hydrogen-bond acceptors (Lipinski definition) is 5. The summed E-state index contributed by atoms with van der Waals surface area (Å²) in [6.45, 7) is 1.20. The van der Waals surface area contributed by atoms with Gasteiger partial charge in [-0.15, -0.1) is 0 Å². The number of pyridine rings is 1. The van der Waals surface area contributed by atoms with Gasteiger partial charge in [-0.2, -0.15) is 5.26 Å². The third-order valence-electron chi connectivity index (χ3n) is 4.98. The lowest BCUT2D eigenvalue weighted by molar-refractivity contribution is -0.138. The molecule has 0 bridgehead atoms. The van der Waals surface area contributed by atoms with Crippen molar-refractivity contribution in [1.29, 1.82) is 5.26 Å². The highest BCUT2D eigenvalue weighted by Crippen LogP contribution is 2.40. The molecule has 0 radical (unpaired) electrons. The van der Waals surface area contributed by atoms with Crippen molar-refractivity contribution >= 4 is 11.7 Å². The maximum absolute atomic E-state index is 12.8. The third-order valence-corrected chi connectivity index (χ3v) is 4.98. The lowest BCUT2D eigenvalue weighted by Gasteiger charge is -2.26. The number of ether oxygens (including phenoxy) is 1. The first-order chi connectivity index (χ1) is 11.6. The van der Waals surface area contributed by atoms with E-state index in [1.165, 1.54) is 0 Å². The fourth-order valence-corrected chi connectivity index (χ4v) is 3.65. The van der Waals surface area contributed by atoms with Gasteiger partial charge in [-0.25, -0.2) is 4.98 Å². The Balaban J connectivity index is 1.66. The van der Waals surface area contributed by atoms with Gasteiger partial charge in [0.1, 0.15) is 11.5 Å². The van der Waals surface area contributed by atoms with Gasteiger partial charge in [0.2, 0.25) is 5.91 Å². The predicted octanol–water partition coefficient (Wildman–Crippen LogP) is 2.21. The van der Waals surface area contributed by atoms with Crippen molar-refractivity contribution < 1.29 is 9.53 Å². The maximum Gasteiger partial charge on any atom is 0.243 e. The molecule has 3 rings (SSSR count). The molecule has 2 aliphatic rings. The Morgan fingerprint density at radius 2 is 2.21 bits per heavy atom. The summed E-state index contributed by atoms with van der Waals surface area (Å²) in [5.41, 5.74) is -0.794. The van der Waals surface area contributed by atoms with E-state index in [0.717, 1.165) is 30.8 Å². The Kier molecular flexibility index (Phi) is 4.61. The van der Waals surface area contributed by atoms with E-state index in [0.29, 0.717) is 25.9 Å². The second-order valence-electron chi connectivity index (χ2n) is 6.90. The molecule has 0 unspecified atom stereocenters. The summed E-state index contributed by atoms with van der Waals surface area (Å²) in [6, 6.07) is 6.05. The van der Waals surface area contributed by atoms with E-state index in [1.807, 2.05) is 36.0 Å². The zero-order valence-corrected chi connectivity index (χ0v) is 14.4. The summed E-state index contributed by atoms with van der Waals surface area (Å²) in [4.78, 5) is 20.9. The molecular formula is C18H24N4O2. The zero-order valence-electron chi connectivity index (χ0n) is 14.4. The van der Waals surface area contributed by atoms with Crippen LogP contribution in [-0.2, 0) is 4.79 Å². The Bertz CT molecular complexity index is 647. The molecule has 1 aromatic rings. The molecule has 1 saturated heterocycles.